The maximum absolute atomic E-state index is 13.3. The SMILES string of the molecule is Cc1ccccc1C(NC(=O)C1CCN(S(=O)(=O)CCCc2ccccc2)CC1)c1ccccc1. The van der Waals surface area contributed by atoms with Crippen molar-refractivity contribution in [3.63, 3.8) is 0 Å². The summed E-state index contributed by atoms with van der Waals surface area (Å²) in [7, 11) is -3.32. The number of nitrogens with one attached hydrogen (secondary N) is 1. The van der Waals surface area contributed by atoms with Crippen molar-refractivity contribution < 1.29 is 13.2 Å². The third kappa shape index (κ3) is 6.59. The van der Waals surface area contributed by atoms with Gasteiger partial charge in [-0.05, 0) is 54.9 Å². The van der Waals surface area contributed by atoms with Gasteiger partial charge in [-0.3, -0.25) is 4.79 Å². The van der Waals surface area contributed by atoms with Crippen molar-refractivity contribution in [1.29, 1.82) is 0 Å². The van der Waals surface area contributed by atoms with Gasteiger partial charge in [-0.25, -0.2) is 12.7 Å². The number of hydrogen-bond acceptors (Lipinski definition) is 3. The number of hydrogen-bond donors (Lipinski definition) is 1. The van der Waals surface area contributed by atoms with E-state index >= 15 is 0 Å². The zero-order valence-electron chi connectivity index (χ0n) is 20.3. The maximum Gasteiger partial charge on any atom is 0.223 e. The minimum Gasteiger partial charge on any atom is -0.345 e. The molecule has 3 aromatic rings. The number of nitrogens with zero attached hydrogens (tertiary/aromatic N) is 1. The molecular weight excluding hydrogens is 456 g/mol. The Labute approximate surface area is 209 Å². The molecule has 1 N–H and O–H groups in total. The van der Waals surface area contributed by atoms with Crippen LogP contribution in [-0.4, -0.2) is 37.5 Å². The molecule has 1 aliphatic heterocycles. The molecule has 1 unspecified atom stereocenters. The van der Waals surface area contributed by atoms with Gasteiger partial charge in [-0.1, -0.05) is 84.9 Å². The van der Waals surface area contributed by atoms with Gasteiger partial charge in [-0.15, -0.1) is 0 Å². The van der Waals surface area contributed by atoms with E-state index in [4.69, 9.17) is 0 Å². The van der Waals surface area contributed by atoms with Crippen molar-refractivity contribution in [3.8, 4) is 0 Å². The van der Waals surface area contributed by atoms with Gasteiger partial charge in [0.1, 0.15) is 0 Å². The highest BCUT2D eigenvalue weighted by atomic mass is 32.2. The van der Waals surface area contributed by atoms with Crippen molar-refractivity contribution in [2.45, 2.75) is 38.6 Å². The van der Waals surface area contributed by atoms with E-state index < -0.39 is 10.0 Å². The van der Waals surface area contributed by atoms with E-state index in [-0.39, 0.29) is 23.6 Å². The highest BCUT2D eigenvalue weighted by molar-refractivity contribution is 7.89. The van der Waals surface area contributed by atoms with E-state index in [1.807, 2.05) is 72.8 Å². The molecule has 0 aliphatic carbocycles. The van der Waals surface area contributed by atoms with E-state index in [1.165, 1.54) is 0 Å². The van der Waals surface area contributed by atoms with Crippen LogP contribution >= 0.6 is 0 Å². The van der Waals surface area contributed by atoms with Gasteiger partial charge in [0.2, 0.25) is 15.9 Å². The summed E-state index contributed by atoms with van der Waals surface area (Å²) in [6, 6.07) is 27.8. The van der Waals surface area contributed by atoms with E-state index in [0.717, 1.165) is 28.7 Å². The second kappa shape index (κ2) is 11.6. The number of piperidine rings is 1. The van der Waals surface area contributed by atoms with Gasteiger partial charge in [0.05, 0.1) is 11.8 Å². The molecule has 1 saturated heterocycles. The minimum atomic E-state index is -3.32. The Bertz CT molecular complexity index is 1200. The predicted molar refractivity (Wildman–Crippen MR) is 140 cm³/mol. The number of amides is 1. The molecule has 184 valence electrons. The molecular formula is C29H34N2O3S. The van der Waals surface area contributed by atoms with Crippen LogP contribution in [0.4, 0.5) is 0 Å². The van der Waals surface area contributed by atoms with Crippen molar-refractivity contribution >= 4 is 15.9 Å². The smallest absolute Gasteiger partial charge is 0.223 e. The van der Waals surface area contributed by atoms with Gasteiger partial charge in [0.25, 0.3) is 0 Å². The van der Waals surface area contributed by atoms with Crippen LogP contribution in [0.15, 0.2) is 84.9 Å². The summed E-state index contributed by atoms with van der Waals surface area (Å²) in [6.45, 7) is 2.84. The topological polar surface area (TPSA) is 66.5 Å². The highest BCUT2D eigenvalue weighted by Gasteiger charge is 2.32. The molecule has 6 heteroatoms. The number of carbonyl (C=O) groups is 1. The first kappa shape index (κ1) is 25.1. The molecule has 0 saturated carbocycles. The lowest BCUT2D eigenvalue weighted by Crippen LogP contribution is -2.44. The molecule has 0 radical (unpaired) electrons. The van der Waals surface area contributed by atoms with Gasteiger partial charge >= 0.3 is 0 Å². The fraction of sp³-hybridized carbons (Fsp3) is 0.345. The van der Waals surface area contributed by atoms with Crippen molar-refractivity contribution in [2.75, 3.05) is 18.8 Å². The third-order valence-electron chi connectivity index (χ3n) is 6.85. The summed E-state index contributed by atoms with van der Waals surface area (Å²) in [5.41, 5.74) is 4.39. The number of carbonyl (C=O) groups excluding carboxylic acids is 1. The van der Waals surface area contributed by atoms with E-state index in [0.29, 0.717) is 32.4 Å². The normalized spacial score (nSPS) is 16.0. The zero-order valence-corrected chi connectivity index (χ0v) is 21.1. The van der Waals surface area contributed by atoms with Gasteiger partial charge < -0.3 is 5.32 Å². The third-order valence-corrected chi connectivity index (χ3v) is 8.80. The average Bonchev–Trinajstić information content (AvgIpc) is 2.89. The van der Waals surface area contributed by atoms with E-state index in [9.17, 15) is 13.2 Å². The van der Waals surface area contributed by atoms with Crippen molar-refractivity contribution in [1.82, 2.24) is 9.62 Å². The lowest BCUT2D eigenvalue weighted by atomic mass is 9.92. The molecule has 3 aromatic carbocycles. The number of rotatable bonds is 9. The lowest BCUT2D eigenvalue weighted by Gasteiger charge is -2.32. The van der Waals surface area contributed by atoms with Crippen LogP contribution in [0.3, 0.4) is 0 Å². The molecule has 35 heavy (non-hydrogen) atoms. The Morgan fingerprint density at radius 1 is 0.914 bits per heavy atom. The van der Waals surface area contributed by atoms with Crippen LogP contribution in [-0.2, 0) is 21.2 Å². The van der Waals surface area contributed by atoms with Crippen LogP contribution in [0.2, 0.25) is 0 Å². The molecule has 1 heterocycles. The van der Waals surface area contributed by atoms with Crippen molar-refractivity contribution in [2.24, 2.45) is 5.92 Å². The monoisotopic (exact) mass is 490 g/mol. The Balaban J connectivity index is 1.35. The standard InChI is InChI=1S/C29H34N2O3S/c1-23-11-8-9-17-27(23)28(25-15-6-3-7-16-25)30-29(32)26-18-20-31(21-19-26)35(33,34)22-10-14-24-12-4-2-5-13-24/h2-9,11-13,15-17,26,28H,10,14,18-22H2,1H3,(H,30,32). The van der Waals surface area contributed by atoms with E-state index in [1.54, 1.807) is 4.31 Å². The van der Waals surface area contributed by atoms with Crippen LogP contribution in [0.5, 0.6) is 0 Å². The van der Waals surface area contributed by atoms with Crippen molar-refractivity contribution in [3.05, 3.63) is 107 Å². The van der Waals surface area contributed by atoms with Gasteiger partial charge in [0, 0.05) is 19.0 Å². The largest absolute Gasteiger partial charge is 0.345 e. The molecule has 5 nitrogen and oxygen atoms in total. The summed E-state index contributed by atoms with van der Waals surface area (Å²) in [5.74, 6) is -0.0634. The second-order valence-electron chi connectivity index (χ2n) is 9.29. The molecule has 1 atom stereocenters. The highest BCUT2D eigenvalue weighted by Crippen LogP contribution is 2.27. The molecule has 0 bridgehead atoms. The minimum absolute atomic E-state index is 0.0109. The summed E-state index contributed by atoms with van der Waals surface area (Å²) >= 11 is 0. The Morgan fingerprint density at radius 3 is 2.17 bits per heavy atom. The molecule has 0 spiro atoms. The fourth-order valence-electron chi connectivity index (χ4n) is 4.79. The molecule has 1 aliphatic rings. The molecule has 1 amide bonds. The second-order valence-corrected chi connectivity index (χ2v) is 11.4. The van der Waals surface area contributed by atoms with Crippen LogP contribution < -0.4 is 5.32 Å². The first-order valence-electron chi connectivity index (χ1n) is 12.4. The van der Waals surface area contributed by atoms with Crippen LogP contribution in [0.1, 0.15) is 47.6 Å². The quantitative estimate of drug-likeness (QED) is 0.465. The zero-order chi connectivity index (χ0) is 24.7. The fourth-order valence-corrected chi connectivity index (χ4v) is 6.32. The number of sulfonamides is 1. The summed E-state index contributed by atoms with van der Waals surface area (Å²) in [6.07, 6.45) is 2.43. The van der Waals surface area contributed by atoms with Gasteiger partial charge in [-0.2, -0.15) is 0 Å². The maximum atomic E-state index is 13.3. The lowest BCUT2D eigenvalue weighted by molar-refractivity contribution is -0.126. The van der Waals surface area contributed by atoms with Gasteiger partial charge in [0.15, 0.2) is 0 Å². The Kier molecular flexibility index (Phi) is 8.37. The molecule has 0 aromatic heterocycles. The predicted octanol–water partition coefficient (Wildman–Crippen LogP) is 4.88. The summed E-state index contributed by atoms with van der Waals surface area (Å²) in [4.78, 5) is 13.3. The van der Waals surface area contributed by atoms with Crippen LogP contribution in [0, 0.1) is 12.8 Å². The summed E-state index contributed by atoms with van der Waals surface area (Å²) in [5, 5.41) is 3.26. The van der Waals surface area contributed by atoms with E-state index in [2.05, 4.69) is 24.4 Å². The van der Waals surface area contributed by atoms with Crippen LogP contribution in [0.25, 0.3) is 0 Å². The summed E-state index contributed by atoms with van der Waals surface area (Å²) < 4.78 is 27.3. The number of aryl methyl sites for hydroxylation is 2. The number of benzene rings is 3. The first-order valence-corrected chi connectivity index (χ1v) is 14.0. The Morgan fingerprint density at radius 2 is 1.51 bits per heavy atom. The Hall–Kier alpha value is -2.96. The molecule has 1 fully saturated rings. The first-order chi connectivity index (χ1) is 16.9. The molecule has 4 rings (SSSR count). The average molecular weight is 491 g/mol.